The van der Waals surface area contributed by atoms with Crippen LogP contribution in [0.2, 0.25) is 0 Å². The zero-order chi connectivity index (χ0) is 27.0. The molecule has 2 aliphatic carbocycles. The van der Waals surface area contributed by atoms with Crippen molar-refractivity contribution in [1.82, 2.24) is 15.2 Å². The van der Waals surface area contributed by atoms with Gasteiger partial charge in [0.25, 0.3) is 11.8 Å². The Morgan fingerprint density at radius 3 is 2.66 bits per heavy atom. The second-order valence-corrected chi connectivity index (χ2v) is 11.8. The van der Waals surface area contributed by atoms with Crippen molar-refractivity contribution >= 4 is 46.2 Å². The molecule has 0 spiro atoms. The third-order valence-electron chi connectivity index (χ3n) is 8.47. The smallest absolute Gasteiger partial charge is 0.257 e. The highest BCUT2D eigenvalue weighted by Gasteiger charge is 2.48. The molecule has 4 rings (SSSR count). The lowest BCUT2D eigenvalue weighted by Gasteiger charge is -2.35. The van der Waals surface area contributed by atoms with E-state index >= 15 is 0 Å². The third-order valence-corrected chi connectivity index (χ3v) is 8.91. The number of halogens is 1. The van der Waals surface area contributed by atoms with E-state index in [1.165, 1.54) is 37.0 Å². The number of alkyl halides is 1. The summed E-state index contributed by atoms with van der Waals surface area (Å²) in [6.45, 7) is 1.28. The molecule has 1 aromatic rings. The van der Waals surface area contributed by atoms with Crippen LogP contribution in [0, 0.1) is 11.8 Å². The topological polar surface area (TPSA) is 122 Å². The summed E-state index contributed by atoms with van der Waals surface area (Å²) in [5.74, 6) is 2.00. The van der Waals surface area contributed by atoms with Crippen LogP contribution in [0.5, 0.6) is 0 Å². The van der Waals surface area contributed by atoms with Crippen LogP contribution >= 0.6 is 22.6 Å². The highest BCUT2D eigenvalue weighted by atomic mass is 127. The Bertz CT molecular complexity index is 968. The fourth-order valence-electron chi connectivity index (χ4n) is 6.37. The number of aliphatic imine (C=N–C) groups is 1. The standard InChI is InChI=1S/C28H43IN6O3/c1-35-26(37)28(34-27(35)30,13-12-20-6-3-2-4-7-20)17-21-8-5-9-23(16-21)33-25(36)22-10-11-24(32-18-22)31-14-15-38-19-29/h10-11,18,20-21,23H,2-9,12-17,19H2,1H3,(H2,30,34)(H,31,32)(H,33,36)/t21-,23?,28?/m0/s1. The molecule has 9 nitrogen and oxygen atoms in total. The molecule has 2 fully saturated rings. The lowest BCUT2D eigenvalue weighted by Crippen LogP contribution is -2.45. The second-order valence-electron chi connectivity index (χ2n) is 11.2. The fourth-order valence-corrected chi connectivity index (χ4v) is 6.68. The predicted octanol–water partition coefficient (Wildman–Crippen LogP) is 4.47. The van der Waals surface area contributed by atoms with Gasteiger partial charge in [0.1, 0.15) is 11.4 Å². The van der Waals surface area contributed by atoms with Gasteiger partial charge in [-0.3, -0.25) is 14.5 Å². The van der Waals surface area contributed by atoms with Crippen molar-refractivity contribution in [3.8, 4) is 0 Å². The van der Waals surface area contributed by atoms with Crippen LogP contribution in [0.4, 0.5) is 5.82 Å². The Labute approximate surface area is 240 Å². The number of aromatic nitrogens is 1. The van der Waals surface area contributed by atoms with E-state index in [1.807, 2.05) is 6.07 Å². The van der Waals surface area contributed by atoms with Gasteiger partial charge in [0.15, 0.2) is 5.96 Å². The van der Waals surface area contributed by atoms with Gasteiger partial charge in [0.2, 0.25) is 0 Å². The van der Waals surface area contributed by atoms with Crippen LogP contribution in [0.15, 0.2) is 23.3 Å². The van der Waals surface area contributed by atoms with Crippen LogP contribution in [0.1, 0.15) is 87.4 Å². The molecule has 1 aliphatic heterocycles. The Morgan fingerprint density at radius 2 is 1.97 bits per heavy atom. The molecular formula is C28H43IN6O3. The van der Waals surface area contributed by atoms with Crippen LogP contribution in [-0.2, 0) is 9.53 Å². The number of likely N-dealkylation sites (N-methyl/N-ethyl adjacent to an activating group) is 1. The van der Waals surface area contributed by atoms with Gasteiger partial charge >= 0.3 is 0 Å². The monoisotopic (exact) mass is 638 g/mol. The largest absolute Gasteiger partial charge is 0.369 e. The number of carbonyl (C=O) groups excluding carboxylic acids is 2. The number of pyridine rings is 1. The quantitative estimate of drug-likeness (QED) is 0.177. The Balaban J connectivity index is 1.33. The van der Waals surface area contributed by atoms with E-state index in [0.29, 0.717) is 47.5 Å². The van der Waals surface area contributed by atoms with Gasteiger partial charge in [-0.1, -0.05) is 67.5 Å². The average molecular weight is 639 g/mol. The number of amides is 2. The summed E-state index contributed by atoms with van der Waals surface area (Å²) in [6.07, 6.45) is 14.4. The van der Waals surface area contributed by atoms with Crippen molar-refractivity contribution in [2.24, 2.45) is 22.6 Å². The number of ether oxygens (including phenoxy) is 1. The third kappa shape index (κ3) is 7.58. The molecule has 2 unspecified atom stereocenters. The number of hydrogen-bond acceptors (Lipinski definition) is 7. The predicted molar refractivity (Wildman–Crippen MR) is 158 cm³/mol. The molecule has 0 saturated heterocycles. The Morgan fingerprint density at radius 1 is 1.18 bits per heavy atom. The van der Waals surface area contributed by atoms with E-state index in [0.717, 1.165) is 44.3 Å². The molecule has 1 aromatic heterocycles. The van der Waals surface area contributed by atoms with Gasteiger partial charge in [-0.15, -0.1) is 0 Å². The van der Waals surface area contributed by atoms with Crippen molar-refractivity contribution in [3.63, 3.8) is 0 Å². The average Bonchev–Trinajstić information content (AvgIpc) is 3.14. The van der Waals surface area contributed by atoms with E-state index in [4.69, 9.17) is 15.5 Å². The highest BCUT2D eigenvalue weighted by Crippen LogP contribution is 2.40. The van der Waals surface area contributed by atoms with Crippen LogP contribution in [0.3, 0.4) is 0 Å². The molecule has 0 bridgehead atoms. The van der Waals surface area contributed by atoms with E-state index in [1.54, 1.807) is 19.3 Å². The summed E-state index contributed by atoms with van der Waals surface area (Å²) in [4.78, 5) is 37.1. The van der Waals surface area contributed by atoms with Gasteiger partial charge in [0, 0.05) is 25.8 Å². The first kappa shape index (κ1) is 29.0. The first-order chi connectivity index (χ1) is 18.4. The number of guanidine groups is 1. The minimum atomic E-state index is -0.749. The summed E-state index contributed by atoms with van der Waals surface area (Å²) in [5.41, 5.74) is 5.95. The zero-order valence-corrected chi connectivity index (χ0v) is 24.7. The molecule has 2 heterocycles. The number of nitrogens with two attached hydrogens (primary N) is 1. The summed E-state index contributed by atoms with van der Waals surface area (Å²) in [6, 6.07) is 3.70. The molecule has 210 valence electrons. The molecule has 3 atom stereocenters. The summed E-state index contributed by atoms with van der Waals surface area (Å²) < 4.78 is 5.97. The highest BCUT2D eigenvalue weighted by molar-refractivity contribution is 14.1. The number of nitrogens with one attached hydrogen (secondary N) is 2. The number of carbonyl (C=O) groups is 2. The van der Waals surface area contributed by atoms with Gasteiger partial charge in [-0.25, -0.2) is 9.98 Å². The van der Waals surface area contributed by atoms with Crippen molar-refractivity contribution in [2.45, 2.75) is 88.6 Å². The Kier molecular flexibility index (Phi) is 10.6. The summed E-state index contributed by atoms with van der Waals surface area (Å²) >= 11 is 2.17. The lowest BCUT2D eigenvalue weighted by molar-refractivity contribution is -0.131. The van der Waals surface area contributed by atoms with Crippen LogP contribution < -0.4 is 16.4 Å². The van der Waals surface area contributed by atoms with Gasteiger partial charge in [-0.05, 0) is 56.1 Å². The second kappa shape index (κ2) is 13.9. The summed E-state index contributed by atoms with van der Waals surface area (Å²) in [5, 5.41) is 6.41. The molecular weight excluding hydrogens is 595 g/mol. The number of rotatable bonds is 12. The maximum absolute atomic E-state index is 13.4. The molecule has 10 heteroatoms. The SMILES string of the molecule is CN1C(=O)C(CCC2CCCCC2)(C[C@H]2CCCC(NC(=O)c3ccc(NCCOCI)nc3)C2)N=C1N. The first-order valence-corrected chi connectivity index (χ1v) is 15.7. The van der Waals surface area contributed by atoms with Gasteiger partial charge < -0.3 is 21.1 Å². The molecule has 3 aliphatic rings. The van der Waals surface area contributed by atoms with Crippen molar-refractivity contribution < 1.29 is 14.3 Å². The van der Waals surface area contributed by atoms with E-state index < -0.39 is 5.54 Å². The Hall–Kier alpha value is -1.95. The maximum atomic E-state index is 13.4. The normalized spacial score (nSPS) is 26.3. The van der Waals surface area contributed by atoms with E-state index in [2.05, 4.69) is 38.2 Å². The van der Waals surface area contributed by atoms with Crippen molar-refractivity contribution in [3.05, 3.63) is 23.9 Å². The minimum Gasteiger partial charge on any atom is -0.369 e. The molecule has 2 saturated carbocycles. The maximum Gasteiger partial charge on any atom is 0.257 e. The van der Waals surface area contributed by atoms with Crippen LogP contribution in [0.25, 0.3) is 0 Å². The molecule has 0 aromatic carbocycles. The van der Waals surface area contributed by atoms with Crippen molar-refractivity contribution in [2.75, 3.05) is 30.1 Å². The van der Waals surface area contributed by atoms with Crippen LogP contribution in [-0.4, -0.2) is 64.1 Å². The zero-order valence-electron chi connectivity index (χ0n) is 22.6. The van der Waals surface area contributed by atoms with E-state index in [9.17, 15) is 9.59 Å². The summed E-state index contributed by atoms with van der Waals surface area (Å²) in [7, 11) is 1.74. The van der Waals surface area contributed by atoms with E-state index in [-0.39, 0.29) is 17.9 Å². The first-order valence-electron chi connectivity index (χ1n) is 14.2. The molecule has 2 amide bonds. The fraction of sp³-hybridized carbons (Fsp3) is 0.714. The molecule has 38 heavy (non-hydrogen) atoms. The van der Waals surface area contributed by atoms with Crippen molar-refractivity contribution in [1.29, 1.82) is 0 Å². The number of nitrogens with zero attached hydrogens (tertiary/aromatic N) is 3. The van der Waals surface area contributed by atoms with Gasteiger partial charge in [-0.2, -0.15) is 0 Å². The minimum absolute atomic E-state index is 0.0394. The molecule has 4 N–H and O–H groups in total. The van der Waals surface area contributed by atoms with Gasteiger partial charge in [0.05, 0.1) is 16.8 Å². The lowest BCUT2D eigenvalue weighted by atomic mass is 9.74. The number of hydrogen-bond donors (Lipinski definition) is 3. The number of anilines is 1. The molecule has 0 radical (unpaired) electrons.